The van der Waals surface area contributed by atoms with Crippen LogP contribution < -0.4 is 16.4 Å². The fourth-order valence-electron chi connectivity index (χ4n) is 3.79. The number of nitrogens with zero attached hydrogens (tertiary/aromatic N) is 2. The minimum absolute atomic E-state index is 0.233. The van der Waals surface area contributed by atoms with Crippen molar-refractivity contribution < 1.29 is 14.0 Å². The number of amides is 2. The maximum Gasteiger partial charge on any atom is 0.269 e. The second kappa shape index (κ2) is 8.22. The van der Waals surface area contributed by atoms with Crippen molar-refractivity contribution in [3.63, 3.8) is 0 Å². The molecule has 1 aromatic heterocycles. The predicted octanol–water partition coefficient (Wildman–Crippen LogP) is 3.27. The smallest absolute Gasteiger partial charge is 0.269 e. The Kier molecular flexibility index (Phi) is 5.46. The van der Waals surface area contributed by atoms with Gasteiger partial charge in [-0.25, -0.2) is 9.07 Å². The minimum atomic E-state index is -0.544. The van der Waals surface area contributed by atoms with Crippen molar-refractivity contribution in [2.45, 2.75) is 32.7 Å². The fourth-order valence-corrected chi connectivity index (χ4v) is 3.79. The second-order valence-corrected chi connectivity index (χ2v) is 7.81. The highest BCUT2D eigenvalue weighted by atomic mass is 19.1. The molecule has 1 atom stereocenters. The van der Waals surface area contributed by atoms with Crippen LogP contribution in [0.3, 0.4) is 0 Å². The third-order valence-electron chi connectivity index (χ3n) is 5.57. The van der Waals surface area contributed by atoms with Crippen molar-refractivity contribution in [3.05, 3.63) is 76.4 Å². The van der Waals surface area contributed by atoms with Gasteiger partial charge >= 0.3 is 0 Å². The normalized spacial score (nSPS) is 15.1. The zero-order chi connectivity index (χ0) is 22.1. The number of carbonyl (C=O) groups excluding carboxylic acids is 2. The van der Waals surface area contributed by atoms with Crippen molar-refractivity contribution in [2.75, 3.05) is 11.9 Å². The molecule has 0 bridgehead atoms. The summed E-state index contributed by atoms with van der Waals surface area (Å²) >= 11 is 0. The van der Waals surface area contributed by atoms with Crippen LogP contribution in [0.1, 0.15) is 56.9 Å². The lowest BCUT2D eigenvalue weighted by molar-refractivity contribution is 0.0948. The number of aryl methyl sites for hydroxylation is 1. The molecule has 0 aliphatic carbocycles. The summed E-state index contributed by atoms with van der Waals surface area (Å²) in [5.41, 5.74) is 10.1. The number of primary amides is 1. The van der Waals surface area contributed by atoms with Gasteiger partial charge in [-0.05, 0) is 48.7 Å². The van der Waals surface area contributed by atoms with Crippen LogP contribution in [0.5, 0.6) is 0 Å². The molecular weight excluding hydrogens is 397 g/mol. The van der Waals surface area contributed by atoms with E-state index in [1.165, 1.54) is 12.1 Å². The molecule has 0 fully saturated rings. The highest BCUT2D eigenvalue weighted by Crippen LogP contribution is 2.34. The Morgan fingerprint density at radius 1 is 1.26 bits per heavy atom. The summed E-state index contributed by atoms with van der Waals surface area (Å²) in [4.78, 5) is 24.5. The molecule has 8 heteroatoms. The van der Waals surface area contributed by atoms with E-state index >= 15 is 0 Å². The standard InChI is InChI=1S/C23H24FN5O2/c1-13-3-6-16(24)11-18(13)23(31)27-12-15-4-7-17(8-5-15)29-21(22(25)30)20-19(28-29)14(2)9-10-26-20/h3-8,11,14,26H,9-10,12H2,1-2H3,(H2,25,30)(H,27,31). The Morgan fingerprint density at radius 3 is 2.71 bits per heavy atom. The van der Waals surface area contributed by atoms with Gasteiger partial charge in [0.1, 0.15) is 5.82 Å². The van der Waals surface area contributed by atoms with Gasteiger partial charge in [-0.2, -0.15) is 5.10 Å². The maximum atomic E-state index is 13.4. The summed E-state index contributed by atoms with van der Waals surface area (Å²) < 4.78 is 15.0. The molecule has 7 nitrogen and oxygen atoms in total. The lowest BCUT2D eigenvalue weighted by atomic mass is 9.98. The lowest BCUT2D eigenvalue weighted by Crippen LogP contribution is -2.23. The SMILES string of the molecule is Cc1ccc(F)cc1C(=O)NCc1ccc(-n2nc3c(c2C(N)=O)NCCC3C)cc1. The molecular formula is C23H24FN5O2. The molecule has 1 aliphatic rings. The number of nitrogens with two attached hydrogens (primary N) is 1. The molecule has 0 saturated carbocycles. The van der Waals surface area contributed by atoms with E-state index in [9.17, 15) is 14.0 Å². The van der Waals surface area contributed by atoms with Crippen LogP contribution in [-0.2, 0) is 6.54 Å². The molecule has 0 spiro atoms. The van der Waals surface area contributed by atoms with E-state index in [1.807, 2.05) is 24.3 Å². The van der Waals surface area contributed by atoms with Gasteiger partial charge in [0.05, 0.1) is 17.1 Å². The molecule has 2 aromatic carbocycles. The molecule has 0 saturated heterocycles. The largest absolute Gasteiger partial charge is 0.382 e. The molecule has 160 valence electrons. The fraction of sp³-hybridized carbons (Fsp3) is 0.261. The van der Waals surface area contributed by atoms with E-state index < -0.39 is 11.7 Å². The van der Waals surface area contributed by atoms with Gasteiger partial charge in [-0.3, -0.25) is 9.59 Å². The summed E-state index contributed by atoms with van der Waals surface area (Å²) in [6, 6.07) is 11.5. The van der Waals surface area contributed by atoms with Crippen LogP contribution in [0, 0.1) is 12.7 Å². The minimum Gasteiger partial charge on any atom is -0.382 e. The van der Waals surface area contributed by atoms with Gasteiger partial charge < -0.3 is 16.4 Å². The highest BCUT2D eigenvalue weighted by molar-refractivity contribution is 5.98. The first-order valence-corrected chi connectivity index (χ1v) is 10.2. The third-order valence-corrected chi connectivity index (χ3v) is 5.57. The quantitative estimate of drug-likeness (QED) is 0.588. The molecule has 2 heterocycles. The monoisotopic (exact) mass is 421 g/mol. The zero-order valence-electron chi connectivity index (χ0n) is 17.4. The summed E-state index contributed by atoms with van der Waals surface area (Å²) in [6.07, 6.45) is 0.936. The van der Waals surface area contributed by atoms with Gasteiger partial charge in [0, 0.05) is 24.6 Å². The lowest BCUT2D eigenvalue weighted by Gasteiger charge is -2.18. The van der Waals surface area contributed by atoms with Crippen LogP contribution in [-0.4, -0.2) is 28.1 Å². The number of aromatic nitrogens is 2. The first kappa shape index (κ1) is 20.6. The molecule has 4 rings (SSSR count). The summed E-state index contributed by atoms with van der Waals surface area (Å²) in [5, 5.41) is 10.7. The zero-order valence-corrected chi connectivity index (χ0v) is 17.4. The Balaban J connectivity index is 1.53. The number of nitrogens with one attached hydrogen (secondary N) is 2. The number of hydrogen-bond donors (Lipinski definition) is 3. The van der Waals surface area contributed by atoms with Crippen LogP contribution in [0.2, 0.25) is 0 Å². The van der Waals surface area contributed by atoms with Gasteiger partial charge in [-0.1, -0.05) is 25.1 Å². The Labute approximate surface area is 179 Å². The van der Waals surface area contributed by atoms with E-state index in [1.54, 1.807) is 17.7 Å². The first-order valence-electron chi connectivity index (χ1n) is 10.2. The number of fused-ring (bicyclic) bond motifs is 1. The van der Waals surface area contributed by atoms with Crippen LogP contribution in [0.25, 0.3) is 5.69 Å². The van der Waals surface area contributed by atoms with Crippen molar-refractivity contribution in [1.82, 2.24) is 15.1 Å². The Bertz CT molecular complexity index is 1150. The van der Waals surface area contributed by atoms with E-state index in [4.69, 9.17) is 5.73 Å². The average Bonchev–Trinajstić information content (AvgIpc) is 3.15. The Hall–Kier alpha value is -3.68. The van der Waals surface area contributed by atoms with Gasteiger partial charge in [0.25, 0.3) is 11.8 Å². The van der Waals surface area contributed by atoms with Crippen molar-refractivity contribution in [3.8, 4) is 5.69 Å². The first-order chi connectivity index (χ1) is 14.8. The topological polar surface area (TPSA) is 102 Å². The second-order valence-electron chi connectivity index (χ2n) is 7.81. The maximum absolute atomic E-state index is 13.4. The molecule has 31 heavy (non-hydrogen) atoms. The van der Waals surface area contributed by atoms with Gasteiger partial charge in [-0.15, -0.1) is 0 Å². The number of rotatable bonds is 5. The molecule has 2 amide bonds. The van der Waals surface area contributed by atoms with Crippen molar-refractivity contribution >= 4 is 17.5 Å². The summed E-state index contributed by atoms with van der Waals surface area (Å²) in [7, 11) is 0. The van der Waals surface area contributed by atoms with Crippen LogP contribution in [0.15, 0.2) is 42.5 Å². The highest BCUT2D eigenvalue weighted by Gasteiger charge is 2.28. The van der Waals surface area contributed by atoms with Crippen LogP contribution >= 0.6 is 0 Å². The number of benzene rings is 2. The number of anilines is 1. The number of carbonyl (C=O) groups is 2. The third kappa shape index (κ3) is 4.01. The summed E-state index contributed by atoms with van der Waals surface area (Å²) in [5.74, 6) is -1.10. The van der Waals surface area contributed by atoms with Gasteiger partial charge in [0.2, 0.25) is 0 Å². The molecule has 4 N–H and O–H groups in total. The van der Waals surface area contributed by atoms with Crippen LogP contribution in [0.4, 0.5) is 10.1 Å². The molecule has 3 aromatic rings. The van der Waals surface area contributed by atoms with Crippen molar-refractivity contribution in [1.29, 1.82) is 0 Å². The van der Waals surface area contributed by atoms with Crippen molar-refractivity contribution in [2.24, 2.45) is 5.73 Å². The van der Waals surface area contributed by atoms with E-state index in [2.05, 4.69) is 22.7 Å². The number of halogens is 1. The average molecular weight is 421 g/mol. The van der Waals surface area contributed by atoms with E-state index in [-0.39, 0.29) is 18.4 Å². The van der Waals surface area contributed by atoms with E-state index in [0.717, 1.165) is 24.2 Å². The summed E-state index contributed by atoms with van der Waals surface area (Å²) in [6.45, 7) is 4.89. The molecule has 1 aliphatic heterocycles. The predicted molar refractivity (Wildman–Crippen MR) is 116 cm³/mol. The Morgan fingerprint density at radius 2 is 2.00 bits per heavy atom. The number of hydrogen-bond acceptors (Lipinski definition) is 4. The molecule has 0 radical (unpaired) electrons. The molecule has 1 unspecified atom stereocenters. The van der Waals surface area contributed by atoms with E-state index in [0.29, 0.717) is 28.2 Å². The van der Waals surface area contributed by atoms with Gasteiger partial charge in [0.15, 0.2) is 5.69 Å².